The van der Waals surface area contributed by atoms with Crippen LogP contribution in [0.25, 0.3) is 5.69 Å². The highest BCUT2D eigenvalue weighted by molar-refractivity contribution is 5.64. The molecule has 2 aromatic carbocycles. The van der Waals surface area contributed by atoms with Crippen LogP contribution >= 0.6 is 0 Å². The van der Waals surface area contributed by atoms with E-state index in [0.29, 0.717) is 19.0 Å². The molecule has 6 heteroatoms. The van der Waals surface area contributed by atoms with Gasteiger partial charge in [0.1, 0.15) is 6.33 Å². The van der Waals surface area contributed by atoms with Crippen molar-refractivity contribution in [1.82, 2.24) is 19.7 Å². The molecule has 2 heterocycles. The fraction of sp³-hybridized carbons (Fsp3) is 0.364. The first-order valence-electron chi connectivity index (χ1n) is 12.7. The molecule has 3 aromatic rings. The summed E-state index contributed by atoms with van der Waals surface area (Å²) in [6.45, 7) is -2.85. The van der Waals surface area contributed by atoms with Crippen molar-refractivity contribution in [3.8, 4) is 5.69 Å². The highest BCUT2D eigenvalue weighted by Gasteiger charge is 2.19. The molecule has 0 saturated carbocycles. The maximum Gasteiger partial charge on any atom is 0.246 e. The third-order valence-electron chi connectivity index (χ3n) is 4.79. The van der Waals surface area contributed by atoms with Gasteiger partial charge in [0.05, 0.1) is 5.69 Å². The number of nitrogens with one attached hydrogen (secondary N) is 1. The van der Waals surface area contributed by atoms with Gasteiger partial charge in [0.2, 0.25) is 5.95 Å². The lowest BCUT2D eigenvalue weighted by Gasteiger charge is -2.38. The normalized spacial score (nSPS) is 20.2. The predicted molar refractivity (Wildman–Crippen MR) is 115 cm³/mol. The summed E-state index contributed by atoms with van der Waals surface area (Å²) in [6, 6.07) is 13.0. The minimum atomic E-state index is -2.96. The molecule has 0 unspecified atom stereocenters. The molecule has 6 nitrogen and oxygen atoms in total. The molecule has 0 radical (unpaired) electrons. The molecule has 1 saturated heterocycles. The monoisotopic (exact) mass is 383 g/mol. The third-order valence-corrected chi connectivity index (χ3v) is 4.79. The Morgan fingerprint density at radius 2 is 1.82 bits per heavy atom. The van der Waals surface area contributed by atoms with Crippen molar-refractivity contribution in [3.63, 3.8) is 0 Å². The highest BCUT2D eigenvalue weighted by atomic mass is 15.4. The van der Waals surface area contributed by atoms with Gasteiger partial charge in [-0.1, -0.05) is 18.2 Å². The third kappa shape index (κ3) is 4.17. The van der Waals surface area contributed by atoms with Crippen LogP contribution in [0.4, 0.5) is 17.3 Å². The summed E-state index contributed by atoms with van der Waals surface area (Å²) in [5, 5.41) is 7.71. The molecule has 1 aromatic heterocycles. The van der Waals surface area contributed by atoms with Crippen molar-refractivity contribution in [2.45, 2.75) is 26.6 Å². The van der Waals surface area contributed by atoms with Crippen molar-refractivity contribution >= 4 is 17.3 Å². The van der Waals surface area contributed by atoms with Crippen LogP contribution < -0.4 is 10.2 Å². The average Bonchev–Trinajstić information content (AvgIpc) is 3.26. The second-order valence-electron chi connectivity index (χ2n) is 6.85. The molecule has 28 heavy (non-hydrogen) atoms. The van der Waals surface area contributed by atoms with E-state index < -0.39 is 19.7 Å². The number of benzene rings is 2. The maximum atomic E-state index is 8.40. The molecule has 4 rings (SSSR count). The van der Waals surface area contributed by atoms with Crippen LogP contribution in [0, 0.1) is 6.92 Å². The smallest absolute Gasteiger partial charge is 0.246 e. The fourth-order valence-electron chi connectivity index (χ4n) is 3.36. The molecule has 146 valence electrons. The molecule has 0 atom stereocenters. The Balaban J connectivity index is 1.48. The van der Waals surface area contributed by atoms with Gasteiger partial charge >= 0.3 is 0 Å². The Morgan fingerprint density at radius 1 is 1.04 bits per heavy atom. The van der Waals surface area contributed by atoms with Gasteiger partial charge in [0.15, 0.2) is 0 Å². The average molecular weight is 384 g/mol. The van der Waals surface area contributed by atoms with Crippen LogP contribution in [0.2, 0.25) is 0 Å². The Kier molecular flexibility index (Phi) is 3.40. The summed E-state index contributed by atoms with van der Waals surface area (Å²) in [5.74, 6) is 0.449. The lowest BCUT2D eigenvalue weighted by Crippen LogP contribution is -2.48. The van der Waals surface area contributed by atoms with Crippen LogP contribution in [0.3, 0.4) is 0 Å². The Hall–Kier alpha value is -2.86. The zero-order chi connectivity index (χ0) is 25.4. The van der Waals surface area contributed by atoms with Crippen LogP contribution in [0.15, 0.2) is 54.9 Å². The number of hydrogen-bond acceptors (Lipinski definition) is 5. The van der Waals surface area contributed by atoms with Crippen molar-refractivity contribution in [2.75, 3.05) is 36.4 Å². The Morgan fingerprint density at radius 3 is 2.57 bits per heavy atom. The molecular weight excluding hydrogens is 348 g/mol. The van der Waals surface area contributed by atoms with E-state index in [1.54, 1.807) is 11.0 Å². The van der Waals surface area contributed by atoms with Gasteiger partial charge in [-0.05, 0) is 56.5 Å². The fourth-order valence-corrected chi connectivity index (χ4v) is 3.36. The van der Waals surface area contributed by atoms with Gasteiger partial charge in [-0.3, -0.25) is 4.90 Å². The summed E-state index contributed by atoms with van der Waals surface area (Å²) in [7, 11) is 0. The molecule has 1 fully saturated rings. The largest absolute Gasteiger partial charge is 0.369 e. The summed E-state index contributed by atoms with van der Waals surface area (Å²) in [4.78, 5) is 7.66. The minimum Gasteiger partial charge on any atom is -0.369 e. The van der Waals surface area contributed by atoms with E-state index in [0.717, 1.165) is 22.6 Å². The summed E-state index contributed by atoms with van der Waals surface area (Å²) in [6.07, 6.45) is 1.64. The molecular formula is C22H28N6. The van der Waals surface area contributed by atoms with Gasteiger partial charge in [0, 0.05) is 53.2 Å². The molecule has 1 aliphatic rings. The van der Waals surface area contributed by atoms with E-state index in [2.05, 4.69) is 20.3 Å². The van der Waals surface area contributed by atoms with Gasteiger partial charge < -0.3 is 10.2 Å². The van der Waals surface area contributed by atoms with Crippen molar-refractivity contribution in [3.05, 3.63) is 60.4 Å². The standard InChI is InChI=1S/C22H28N6/c1-17(2)26-9-11-27(12-10-26)21-14-18(3)13-19(15-21)24-22-23-16-28(25-22)20-7-5-4-6-8-20/h4-8,13-17H,9-12H2,1-3H3,(H,24,25)/i1D3,2D3,17D. The number of aryl methyl sites for hydroxylation is 1. The molecule has 1 N–H and O–H groups in total. The number of piperazine rings is 1. The lowest BCUT2D eigenvalue weighted by atomic mass is 10.1. The molecule has 0 bridgehead atoms. The zero-order valence-corrected chi connectivity index (χ0v) is 15.8. The van der Waals surface area contributed by atoms with Gasteiger partial charge in [0.25, 0.3) is 0 Å². The topological polar surface area (TPSA) is 49.2 Å². The van der Waals surface area contributed by atoms with E-state index in [4.69, 9.17) is 9.60 Å². The Labute approximate surface area is 176 Å². The van der Waals surface area contributed by atoms with Crippen molar-refractivity contribution in [1.29, 1.82) is 0 Å². The van der Waals surface area contributed by atoms with Crippen LogP contribution in [0.5, 0.6) is 0 Å². The number of anilines is 3. The van der Waals surface area contributed by atoms with Gasteiger partial charge in [-0.2, -0.15) is 4.98 Å². The molecule has 1 aliphatic heterocycles. The van der Waals surface area contributed by atoms with Crippen molar-refractivity contribution in [2.24, 2.45) is 0 Å². The van der Waals surface area contributed by atoms with E-state index >= 15 is 0 Å². The quantitative estimate of drug-likeness (QED) is 0.725. The first-order chi connectivity index (χ1) is 16.4. The first-order valence-corrected chi connectivity index (χ1v) is 9.24. The molecule has 0 aliphatic carbocycles. The number of hydrogen-bond donors (Lipinski definition) is 1. The van der Waals surface area contributed by atoms with Crippen LogP contribution in [-0.4, -0.2) is 51.9 Å². The SMILES string of the molecule is [2H]C([2H])([2H])C([2H])(N1CCN(c2cc(C)cc(Nc3ncn(-c4ccccc4)n3)c2)CC1)C([2H])([2H])[2H]. The van der Waals surface area contributed by atoms with Crippen molar-refractivity contribution < 1.29 is 9.60 Å². The van der Waals surface area contributed by atoms with E-state index in [9.17, 15) is 0 Å². The number of aromatic nitrogens is 3. The zero-order valence-electron chi connectivity index (χ0n) is 22.8. The number of para-hydroxylation sites is 1. The van der Waals surface area contributed by atoms with E-state index in [1.165, 1.54) is 4.90 Å². The lowest BCUT2D eigenvalue weighted by molar-refractivity contribution is 0.209. The molecule has 0 amide bonds. The maximum absolute atomic E-state index is 8.40. The predicted octanol–water partition coefficient (Wildman–Crippen LogP) is 3.85. The molecule has 0 spiro atoms. The van der Waals surface area contributed by atoms with Crippen LogP contribution in [0.1, 0.15) is 28.9 Å². The van der Waals surface area contributed by atoms with E-state index in [1.807, 2.05) is 55.5 Å². The Bertz CT molecular complexity index is 1140. The second-order valence-corrected chi connectivity index (χ2v) is 6.85. The van der Waals surface area contributed by atoms with E-state index in [-0.39, 0.29) is 13.1 Å². The van der Waals surface area contributed by atoms with Gasteiger partial charge in [-0.25, -0.2) is 4.68 Å². The highest BCUT2D eigenvalue weighted by Crippen LogP contribution is 2.25. The summed E-state index contributed by atoms with van der Waals surface area (Å²) >= 11 is 0. The summed E-state index contributed by atoms with van der Waals surface area (Å²) in [5.41, 5.74) is 3.62. The van der Waals surface area contributed by atoms with Gasteiger partial charge in [-0.15, -0.1) is 5.10 Å². The first kappa shape index (κ1) is 11.9. The second kappa shape index (κ2) is 8.02. The number of nitrogens with zero attached hydrogens (tertiary/aromatic N) is 5. The number of rotatable bonds is 5. The summed E-state index contributed by atoms with van der Waals surface area (Å²) < 4.78 is 56.4. The van der Waals surface area contributed by atoms with Crippen LogP contribution in [-0.2, 0) is 0 Å². The minimum absolute atomic E-state index is 0.153.